The molecule has 2 aromatic carbocycles. The predicted octanol–water partition coefficient (Wildman–Crippen LogP) is 2.58. The summed E-state index contributed by atoms with van der Waals surface area (Å²) in [5.41, 5.74) is 1.18. The number of benzene rings is 2. The van der Waals surface area contributed by atoms with Crippen LogP contribution in [-0.2, 0) is 14.8 Å². The van der Waals surface area contributed by atoms with E-state index in [9.17, 15) is 18.0 Å². The van der Waals surface area contributed by atoms with E-state index in [1.165, 1.54) is 37.3 Å². The molecule has 0 heterocycles. The average molecular weight is 375 g/mol. The molecule has 0 aliphatic heterocycles. The molecule has 8 heteroatoms. The number of sulfonamides is 1. The molecule has 0 aromatic heterocycles. The Morgan fingerprint density at radius 3 is 2.15 bits per heavy atom. The molecule has 26 heavy (non-hydrogen) atoms. The number of carbonyl (C=O) groups excluding carboxylic acids is 2. The lowest BCUT2D eigenvalue weighted by atomic mass is 10.2. The SMILES string of the molecule is CC(=O)Nc1cccc(NS(=O)(=O)c2ccc(C(=O)NC(C)C)cc2)c1. The minimum absolute atomic E-state index is 0.0107. The first kappa shape index (κ1) is 19.5. The van der Waals surface area contributed by atoms with Gasteiger partial charge in [-0.05, 0) is 56.3 Å². The number of nitrogens with one attached hydrogen (secondary N) is 3. The first-order valence-corrected chi connectivity index (χ1v) is 9.47. The van der Waals surface area contributed by atoms with Crippen LogP contribution in [0.25, 0.3) is 0 Å². The van der Waals surface area contributed by atoms with Gasteiger partial charge in [0.05, 0.1) is 10.6 Å². The highest BCUT2D eigenvalue weighted by molar-refractivity contribution is 7.92. The second kappa shape index (κ2) is 8.01. The Kier molecular flexibility index (Phi) is 5.99. The Bertz CT molecular complexity index is 906. The molecule has 0 radical (unpaired) electrons. The number of hydrogen-bond acceptors (Lipinski definition) is 4. The van der Waals surface area contributed by atoms with E-state index in [1.54, 1.807) is 18.2 Å². The molecule has 0 aliphatic rings. The molecule has 0 unspecified atom stereocenters. The minimum atomic E-state index is -3.82. The van der Waals surface area contributed by atoms with Crippen LogP contribution in [0, 0.1) is 0 Å². The average Bonchev–Trinajstić information content (AvgIpc) is 2.53. The number of amides is 2. The third kappa shape index (κ3) is 5.32. The van der Waals surface area contributed by atoms with Crippen LogP contribution in [0.5, 0.6) is 0 Å². The zero-order valence-electron chi connectivity index (χ0n) is 14.7. The lowest BCUT2D eigenvalue weighted by Gasteiger charge is -2.11. The van der Waals surface area contributed by atoms with Crippen LogP contribution in [-0.4, -0.2) is 26.3 Å². The van der Waals surface area contributed by atoms with Crippen LogP contribution in [0.1, 0.15) is 31.1 Å². The van der Waals surface area contributed by atoms with E-state index in [2.05, 4.69) is 15.4 Å². The zero-order valence-corrected chi connectivity index (χ0v) is 15.6. The van der Waals surface area contributed by atoms with E-state index < -0.39 is 10.0 Å². The Hall–Kier alpha value is -2.87. The van der Waals surface area contributed by atoms with Gasteiger partial charge in [-0.2, -0.15) is 0 Å². The number of carbonyl (C=O) groups is 2. The van der Waals surface area contributed by atoms with Gasteiger partial charge in [-0.15, -0.1) is 0 Å². The summed E-state index contributed by atoms with van der Waals surface area (Å²) in [6.07, 6.45) is 0. The van der Waals surface area contributed by atoms with Crippen molar-refractivity contribution in [2.24, 2.45) is 0 Å². The van der Waals surface area contributed by atoms with E-state index in [4.69, 9.17) is 0 Å². The molecule has 2 rings (SSSR count). The smallest absolute Gasteiger partial charge is 0.261 e. The van der Waals surface area contributed by atoms with Gasteiger partial charge >= 0.3 is 0 Å². The predicted molar refractivity (Wildman–Crippen MR) is 101 cm³/mol. The Labute approximate surface area is 152 Å². The molecular weight excluding hydrogens is 354 g/mol. The Morgan fingerprint density at radius 1 is 0.962 bits per heavy atom. The van der Waals surface area contributed by atoms with Gasteiger partial charge in [0.25, 0.3) is 15.9 Å². The van der Waals surface area contributed by atoms with Crippen LogP contribution in [0.3, 0.4) is 0 Å². The molecule has 138 valence electrons. The van der Waals surface area contributed by atoms with Gasteiger partial charge in [0.15, 0.2) is 0 Å². The summed E-state index contributed by atoms with van der Waals surface area (Å²) in [5.74, 6) is -0.514. The Balaban J connectivity index is 2.17. The van der Waals surface area contributed by atoms with E-state index >= 15 is 0 Å². The van der Waals surface area contributed by atoms with E-state index in [1.807, 2.05) is 13.8 Å². The van der Waals surface area contributed by atoms with E-state index in [0.717, 1.165) is 0 Å². The van der Waals surface area contributed by atoms with E-state index in [-0.39, 0.29) is 22.8 Å². The molecule has 0 atom stereocenters. The topological polar surface area (TPSA) is 104 Å². The van der Waals surface area contributed by atoms with Crippen LogP contribution in [0.2, 0.25) is 0 Å². The second-order valence-corrected chi connectivity index (χ2v) is 7.70. The van der Waals surface area contributed by atoms with Crippen LogP contribution in [0.4, 0.5) is 11.4 Å². The summed E-state index contributed by atoms with van der Waals surface area (Å²) in [7, 11) is -3.82. The van der Waals surface area contributed by atoms with Gasteiger partial charge < -0.3 is 10.6 Å². The van der Waals surface area contributed by atoms with Crippen molar-refractivity contribution in [3.05, 3.63) is 54.1 Å². The molecular formula is C18H21N3O4S. The summed E-state index contributed by atoms with van der Waals surface area (Å²) in [5, 5.41) is 5.33. The molecule has 3 N–H and O–H groups in total. The summed E-state index contributed by atoms with van der Waals surface area (Å²) < 4.78 is 27.4. The van der Waals surface area contributed by atoms with Crippen molar-refractivity contribution in [2.75, 3.05) is 10.0 Å². The maximum Gasteiger partial charge on any atom is 0.261 e. The number of anilines is 2. The highest BCUT2D eigenvalue weighted by Gasteiger charge is 2.16. The third-order valence-corrected chi connectivity index (χ3v) is 4.68. The van der Waals surface area contributed by atoms with Crippen molar-refractivity contribution in [1.29, 1.82) is 0 Å². The monoisotopic (exact) mass is 375 g/mol. The van der Waals surface area contributed by atoms with Gasteiger partial charge in [-0.25, -0.2) is 8.42 Å². The van der Waals surface area contributed by atoms with Crippen LogP contribution in [0.15, 0.2) is 53.4 Å². The summed E-state index contributed by atoms with van der Waals surface area (Å²) >= 11 is 0. The van der Waals surface area contributed by atoms with Crippen molar-refractivity contribution < 1.29 is 18.0 Å². The largest absolute Gasteiger partial charge is 0.350 e. The van der Waals surface area contributed by atoms with Gasteiger partial charge in [-0.3, -0.25) is 14.3 Å². The van der Waals surface area contributed by atoms with Crippen molar-refractivity contribution in [3.8, 4) is 0 Å². The van der Waals surface area contributed by atoms with Crippen molar-refractivity contribution in [3.63, 3.8) is 0 Å². The quantitative estimate of drug-likeness (QED) is 0.722. The molecule has 0 saturated heterocycles. The summed E-state index contributed by atoms with van der Waals surface area (Å²) in [4.78, 5) is 23.1. The normalized spacial score (nSPS) is 11.1. The van der Waals surface area contributed by atoms with Gasteiger partial charge in [0.2, 0.25) is 5.91 Å². The third-order valence-electron chi connectivity index (χ3n) is 3.28. The lowest BCUT2D eigenvalue weighted by Crippen LogP contribution is -2.30. The summed E-state index contributed by atoms with van der Waals surface area (Å²) in [6.45, 7) is 5.05. The molecule has 0 bridgehead atoms. The lowest BCUT2D eigenvalue weighted by molar-refractivity contribution is -0.114. The Morgan fingerprint density at radius 2 is 1.58 bits per heavy atom. The number of rotatable bonds is 6. The fourth-order valence-electron chi connectivity index (χ4n) is 2.21. The molecule has 0 saturated carbocycles. The van der Waals surface area contributed by atoms with E-state index in [0.29, 0.717) is 16.9 Å². The molecule has 7 nitrogen and oxygen atoms in total. The molecule has 0 fully saturated rings. The molecule has 2 aromatic rings. The standard InChI is InChI=1S/C18H21N3O4S/c1-12(2)19-18(23)14-7-9-17(10-8-14)26(24,25)21-16-6-4-5-15(11-16)20-13(3)22/h4-12,21H,1-3H3,(H,19,23)(H,20,22). The number of hydrogen-bond donors (Lipinski definition) is 3. The van der Waals surface area contributed by atoms with Crippen molar-refractivity contribution in [2.45, 2.75) is 31.7 Å². The van der Waals surface area contributed by atoms with Crippen LogP contribution < -0.4 is 15.4 Å². The highest BCUT2D eigenvalue weighted by atomic mass is 32.2. The van der Waals surface area contributed by atoms with Crippen molar-refractivity contribution >= 4 is 33.2 Å². The highest BCUT2D eigenvalue weighted by Crippen LogP contribution is 2.20. The first-order chi connectivity index (χ1) is 12.2. The minimum Gasteiger partial charge on any atom is -0.350 e. The summed E-state index contributed by atoms with van der Waals surface area (Å²) in [6, 6.07) is 12.0. The maximum absolute atomic E-state index is 12.5. The fraction of sp³-hybridized carbons (Fsp3) is 0.222. The van der Waals surface area contributed by atoms with Gasteiger partial charge in [0, 0.05) is 24.2 Å². The second-order valence-electron chi connectivity index (χ2n) is 6.02. The zero-order chi connectivity index (χ0) is 19.3. The first-order valence-electron chi connectivity index (χ1n) is 7.99. The van der Waals surface area contributed by atoms with Gasteiger partial charge in [0.1, 0.15) is 0 Å². The van der Waals surface area contributed by atoms with Gasteiger partial charge in [-0.1, -0.05) is 6.07 Å². The molecule has 0 aliphatic carbocycles. The molecule has 2 amide bonds. The maximum atomic E-state index is 12.5. The van der Waals surface area contributed by atoms with Crippen LogP contribution >= 0.6 is 0 Å². The van der Waals surface area contributed by atoms with Crippen molar-refractivity contribution in [1.82, 2.24) is 5.32 Å². The molecule has 0 spiro atoms. The fourth-order valence-corrected chi connectivity index (χ4v) is 3.26.